The maximum Gasteiger partial charge on any atom is 0.335 e. The number of rotatable bonds is 20. The average Bonchev–Trinajstić information content (AvgIpc) is 2.99. The molecule has 0 spiro atoms. The zero-order chi connectivity index (χ0) is 35.9. The molecule has 10 atom stereocenters. The van der Waals surface area contributed by atoms with Crippen LogP contribution in [-0.4, -0.2) is 196 Å². The predicted molar refractivity (Wildman–Crippen MR) is 143 cm³/mol. The van der Waals surface area contributed by atoms with Crippen LogP contribution in [0.1, 0.15) is 26.7 Å². The minimum Gasteiger partial charge on any atom is -0.481 e. The minimum atomic E-state index is -1.81. The Morgan fingerprint density at radius 2 is 0.978 bits per heavy atom. The summed E-state index contributed by atoms with van der Waals surface area (Å²) in [5, 5.41) is 124. The van der Waals surface area contributed by atoms with Gasteiger partial charge in [0.05, 0.1) is 39.3 Å². The Morgan fingerprint density at radius 3 is 1.31 bits per heavy atom. The van der Waals surface area contributed by atoms with Crippen LogP contribution >= 0.6 is 0 Å². The van der Waals surface area contributed by atoms with E-state index in [4.69, 9.17) is 50.7 Å². The molecule has 0 heterocycles. The first-order valence-corrected chi connectivity index (χ1v) is 13.2. The lowest BCUT2D eigenvalue weighted by atomic mass is 10.0. The van der Waals surface area contributed by atoms with Crippen LogP contribution in [0.3, 0.4) is 0 Å². The fraction of sp³-hybridized carbons (Fsp3) is 0.833. The van der Waals surface area contributed by atoms with Gasteiger partial charge in [0.15, 0.2) is 12.2 Å². The third-order valence-corrected chi connectivity index (χ3v) is 5.13. The first-order chi connectivity index (χ1) is 20.8. The van der Waals surface area contributed by atoms with Crippen molar-refractivity contribution in [2.45, 2.75) is 87.7 Å². The van der Waals surface area contributed by atoms with Crippen LogP contribution in [0.2, 0.25) is 0 Å². The predicted octanol–water partition coefficient (Wildman–Crippen LogP) is -7.35. The fourth-order valence-corrected chi connectivity index (χ4v) is 2.54. The number of carboxylic acid groups (broad SMARTS) is 2. The van der Waals surface area contributed by atoms with E-state index in [2.05, 4.69) is 9.47 Å². The van der Waals surface area contributed by atoms with Crippen molar-refractivity contribution in [3.8, 4) is 0 Å². The number of hydrogen-bond acceptors (Lipinski definition) is 19. The van der Waals surface area contributed by atoms with Gasteiger partial charge >= 0.3 is 23.9 Å². The number of aliphatic carboxylic acids is 2. The first kappa shape index (κ1) is 46.8. The lowest BCUT2D eigenvalue weighted by Gasteiger charge is -2.26. The Kier molecular flexibility index (Phi) is 27.6. The molecule has 21 nitrogen and oxygen atoms in total. The fourth-order valence-electron chi connectivity index (χ4n) is 2.54. The number of aliphatic hydroxyl groups excluding tert-OH is 12. The van der Waals surface area contributed by atoms with Gasteiger partial charge in [-0.3, -0.25) is 9.59 Å². The molecule has 0 amide bonds. The lowest BCUT2D eigenvalue weighted by Crippen LogP contribution is -2.48. The van der Waals surface area contributed by atoms with E-state index in [0.29, 0.717) is 6.61 Å². The van der Waals surface area contributed by atoms with Crippen molar-refractivity contribution >= 4 is 23.9 Å². The highest BCUT2D eigenvalue weighted by Gasteiger charge is 2.32. The minimum absolute atomic E-state index is 0.0907. The third kappa shape index (κ3) is 22.5. The van der Waals surface area contributed by atoms with Crippen LogP contribution in [0.4, 0.5) is 0 Å². The van der Waals surface area contributed by atoms with Crippen LogP contribution in [0.15, 0.2) is 0 Å². The summed E-state index contributed by atoms with van der Waals surface area (Å²) in [6, 6.07) is 0. The SMILES string of the molecule is CCOC[C@@H](O)[C@H](O)[C@H](O)[C@H](O)COC(=O)[C@@H](O)CC(=O)OCC.O=C(O)C[C@H](O)C(=O)O.OC[C@@H](O)[C@H](O)[C@H](O)[C@H](O)CO. The van der Waals surface area contributed by atoms with Gasteiger partial charge in [-0.2, -0.15) is 0 Å². The largest absolute Gasteiger partial charge is 0.481 e. The zero-order valence-corrected chi connectivity index (χ0v) is 24.5. The van der Waals surface area contributed by atoms with Gasteiger partial charge in [0.1, 0.15) is 55.4 Å². The smallest absolute Gasteiger partial charge is 0.335 e. The van der Waals surface area contributed by atoms with Crippen molar-refractivity contribution in [3.05, 3.63) is 0 Å². The van der Waals surface area contributed by atoms with Gasteiger partial charge in [-0.15, -0.1) is 0 Å². The van der Waals surface area contributed by atoms with Crippen molar-refractivity contribution in [2.75, 3.05) is 39.6 Å². The quantitative estimate of drug-likeness (QED) is 0.0535. The van der Waals surface area contributed by atoms with Crippen LogP contribution < -0.4 is 0 Å². The number of ether oxygens (including phenoxy) is 3. The maximum absolute atomic E-state index is 11.5. The highest BCUT2D eigenvalue weighted by Crippen LogP contribution is 2.08. The summed E-state index contributed by atoms with van der Waals surface area (Å²) in [6.07, 6.45) is -18.0. The van der Waals surface area contributed by atoms with E-state index in [1.165, 1.54) is 0 Å². The van der Waals surface area contributed by atoms with Gasteiger partial charge < -0.3 is 85.7 Å². The normalized spacial score (nSPS) is 17.6. The van der Waals surface area contributed by atoms with Crippen molar-refractivity contribution in [2.24, 2.45) is 0 Å². The van der Waals surface area contributed by atoms with Crippen LogP contribution in [0.25, 0.3) is 0 Å². The summed E-state index contributed by atoms with van der Waals surface area (Å²) in [7, 11) is 0. The first-order valence-electron chi connectivity index (χ1n) is 13.2. The molecule has 0 fully saturated rings. The number of aliphatic hydroxyl groups is 12. The van der Waals surface area contributed by atoms with Gasteiger partial charge in [0, 0.05) is 6.61 Å². The van der Waals surface area contributed by atoms with Crippen molar-refractivity contribution in [3.63, 3.8) is 0 Å². The molecule has 45 heavy (non-hydrogen) atoms. The van der Waals surface area contributed by atoms with Gasteiger partial charge in [-0.1, -0.05) is 0 Å². The van der Waals surface area contributed by atoms with E-state index in [1.807, 2.05) is 0 Å². The summed E-state index contributed by atoms with van der Waals surface area (Å²) in [5.41, 5.74) is 0. The topological polar surface area (TPSA) is 379 Å². The molecule has 0 radical (unpaired) electrons. The second-order valence-corrected chi connectivity index (χ2v) is 8.86. The summed E-state index contributed by atoms with van der Waals surface area (Å²) in [4.78, 5) is 42.0. The number of esters is 2. The Morgan fingerprint density at radius 1 is 0.556 bits per heavy atom. The molecule has 0 aliphatic rings. The Hall–Kier alpha value is -2.64. The average molecular weight is 671 g/mol. The monoisotopic (exact) mass is 670 g/mol. The van der Waals surface area contributed by atoms with Crippen LogP contribution in [0.5, 0.6) is 0 Å². The molecule has 14 N–H and O–H groups in total. The van der Waals surface area contributed by atoms with Crippen molar-refractivity contribution in [1.82, 2.24) is 0 Å². The maximum atomic E-state index is 11.5. The van der Waals surface area contributed by atoms with E-state index in [1.54, 1.807) is 13.8 Å². The van der Waals surface area contributed by atoms with E-state index in [9.17, 15) is 44.7 Å². The zero-order valence-electron chi connectivity index (χ0n) is 24.5. The molecule has 268 valence electrons. The Labute approximate surface area is 256 Å². The molecule has 21 heteroatoms. The summed E-state index contributed by atoms with van der Waals surface area (Å²) >= 11 is 0. The van der Waals surface area contributed by atoms with Gasteiger partial charge in [0.25, 0.3) is 0 Å². The van der Waals surface area contributed by atoms with Crippen molar-refractivity contribution in [1.29, 1.82) is 0 Å². The molecule has 0 saturated heterocycles. The molecule has 0 aliphatic carbocycles. The summed E-state index contributed by atoms with van der Waals surface area (Å²) < 4.78 is 14.0. The van der Waals surface area contributed by atoms with Crippen LogP contribution in [-0.2, 0) is 33.4 Å². The van der Waals surface area contributed by atoms with E-state index in [-0.39, 0.29) is 13.2 Å². The molecular formula is C24H46O21. The van der Waals surface area contributed by atoms with Gasteiger partial charge in [-0.05, 0) is 13.8 Å². The number of carbonyl (C=O) groups is 4. The van der Waals surface area contributed by atoms with Gasteiger partial charge in [0.2, 0.25) is 0 Å². The van der Waals surface area contributed by atoms with E-state index < -0.39 is 118 Å². The molecule has 0 aliphatic heterocycles. The van der Waals surface area contributed by atoms with E-state index in [0.717, 1.165) is 0 Å². The molecule has 0 bridgehead atoms. The molecule has 0 aromatic heterocycles. The highest BCUT2D eigenvalue weighted by molar-refractivity contribution is 5.81. The second-order valence-electron chi connectivity index (χ2n) is 8.86. The molecule has 0 saturated carbocycles. The number of hydrogen-bond donors (Lipinski definition) is 14. The molecule has 0 rings (SSSR count). The Balaban J connectivity index is -0.000000693. The van der Waals surface area contributed by atoms with Crippen LogP contribution in [0, 0.1) is 0 Å². The lowest BCUT2D eigenvalue weighted by molar-refractivity contribution is -0.168. The molecule has 0 aromatic carbocycles. The number of carboxylic acids is 2. The van der Waals surface area contributed by atoms with E-state index >= 15 is 0 Å². The van der Waals surface area contributed by atoms with Gasteiger partial charge in [-0.25, -0.2) is 9.59 Å². The standard InChI is InChI=1S/C14H26O10.C6H14O6.C4H6O5/c1-3-22-6-9(16)12(19)13(20)10(17)7-24-14(21)8(15)5-11(18)23-4-2;7-1-3(9)5(11)6(12)4(10)2-8;5-2(4(8)9)1-3(6)7/h8-10,12-13,15-17,19-20H,3-7H2,1-2H3;3-12H,1-2H2;2,5H,1H2,(H,6,7)(H,8,9)/t8-,9+,10+,12-,13+;3-,4-,5-,6+;2-/m010/s1. The second kappa shape index (κ2) is 26.6. The summed E-state index contributed by atoms with van der Waals surface area (Å²) in [6.45, 7) is 1.16. The molecular weight excluding hydrogens is 624 g/mol. The Bertz CT molecular complexity index is 798. The molecule has 0 aromatic rings. The van der Waals surface area contributed by atoms with Crippen molar-refractivity contribution < 1.29 is 105 Å². The highest BCUT2D eigenvalue weighted by atomic mass is 16.6. The molecule has 0 unspecified atom stereocenters. The number of carbonyl (C=O) groups excluding carboxylic acids is 2. The third-order valence-electron chi connectivity index (χ3n) is 5.13. The summed E-state index contributed by atoms with van der Waals surface area (Å²) in [5.74, 6) is -4.84.